The van der Waals surface area contributed by atoms with E-state index in [9.17, 15) is 0 Å². The van der Waals surface area contributed by atoms with E-state index >= 15 is 0 Å². The average molecular weight is 280 g/mol. The summed E-state index contributed by atoms with van der Waals surface area (Å²) in [5, 5.41) is 11.9. The van der Waals surface area contributed by atoms with Crippen LogP contribution < -0.4 is 0 Å². The summed E-state index contributed by atoms with van der Waals surface area (Å²) in [6.45, 7) is 2.11. The molecule has 3 heterocycles. The lowest BCUT2D eigenvalue weighted by Crippen LogP contribution is -2.02. The number of thiophene rings is 1. The van der Waals surface area contributed by atoms with Gasteiger partial charge in [0.1, 0.15) is 5.82 Å². The van der Waals surface area contributed by atoms with E-state index in [1.165, 1.54) is 0 Å². The van der Waals surface area contributed by atoms with E-state index in [1.54, 1.807) is 11.3 Å². The highest BCUT2D eigenvalue weighted by Crippen LogP contribution is 2.27. The van der Waals surface area contributed by atoms with Gasteiger partial charge < -0.3 is 0 Å². The van der Waals surface area contributed by atoms with Gasteiger partial charge in [-0.2, -0.15) is 0 Å². The third kappa shape index (κ3) is 1.56. The number of para-hydroxylation sites is 1. The van der Waals surface area contributed by atoms with Crippen LogP contribution in [-0.4, -0.2) is 19.6 Å². The number of hydrogen-bond acceptors (Lipinski definition) is 4. The first-order chi connectivity index (χ1) is 9.88. The zero-order valence-electron chi connectivity index (χ0n) is 10.9. The third-order valence-electron chi connectivity index (χ3n) is 3.37. The predicted molar refractivity (Wildman–Crippen MR) is 81.0 cm³/mol. The van der Waals surface area contributed by atoms with E-state index in [0.29, 0.717) is 0 Å². The molecular weight excluding hydrogens is 268 g/mol. The predicted octanol–water partition coefficient (Wildman–Crippen LogP) is 3.57. The number of rotatable bonds is 2. The summed E-state index contributed by atoms with van der Waals surface area (Å²) in [5.41, 5.74) is 1.86. The summed E-state index contributed by atoms with van der Waals surface area (Å²) in [6.07, 6.45) is 0.845. The lowest BCUT2D eigenvalue weighted by molar-refractivity contribution is 0.915. The standard InChI is InChI=1S/C15H12N4S/c1-2-13-16-11-7-4-3-6-10(11)14-17-18-15(19(13)14)12-8-5-9-20-12/h3-9H,2H2,1H3. The van der Waals surface area contributed by atoms with Gasteiger partial charge in [-0.15, -0.1) is 21.5 Å². The molecule has 1 aromatic carbocycles. The van der Waals surface area contributed by atoms with Crippen LogP contribution in [0.25, 0.3) is 27.3 Å². The number of nitrogens with zero attached hydrogens (tertiary/aromatic N) is 4. The molecule has 0 fully saturated rings. The molecule has 0 unspecified atom stereocenters. The van der Waals surface area contributed by atoms with Crippen molar-refractivity contribution in [3.8, 4) is 10.7 Å². The first kappa shape index (κ1) is 11.5. The van der Waals surface area contributed by atoms with E-state index in [-0.39, 0.29) is 0 Å². The lowest BCUT2D eigenvalue weighted by atomic mass is 10.2. The fourth-order valence-corrected chi connectivity index (χ4v) is 3.15. The van der Waals surface area contributed by atoms with Gasteiger partial charge in [0.05, 0.1) is 10.4 Å². The van der Waals surface area contributed by atoms with Crippen LogP contribution in [-0.2, 0) is 6.42 Å². The lowest BCUT2D eigenvalue weighted by Gasteiger charge is -2.06. The van der Waals surface area contributed by atoms with E-state index in [1.807, 2.05) is 30.3 Å². The van der Waals surface area contributed by atoms with Gasteiger partial charge in [0.2, 0.25) is 0 Å². The SMILES string of the molecule is CCc1nc2ccccc2c2nnc(-c3cccs3)n12. The molecule has 4 nitrogen and oxygen atoms in total. The Balaban J connectivity index is 2.17. The summed E-state index contributed by atoms with van der Waals surface area (Å²) in [7, 11) is 0. The Morgan fingerprint density at radius 2 is 2.00 bits per heavy atom. The van der Waals surface area contributed by atoms with E-state index in [2.05, 4.69) is 33.0 Å². The monoisotopic (exact) mass is 280 g/mol. The quantitative estimate of drug-likeness (QED) is 0.564. The van der Waals surface area contributed by atoms with Gasteiger partial charge in [0.15, 0.2) is 11.5 Å². The summed E-state index contributed by atoms with van der Waals surface area (Å²) < 4.78 is 2.08. The molecule has 0 bridgehead atoms. The second-order valence-electron chi connectivity index (χ2n) is 4.56. The van der Waals surface area contributed by atoms with Crippen molar-refractivity contribution in [2.45, 2.75) is 13.3 Å². The molecule has 0 atom stereocenters. The van der Waals surface area contributed by atoms with Gasteiger partial charge in [-0.3, -0.25) is 4.40 Å². The van der Waals surface area contributed by atoms with Crippen molar-refractivity contribution >= 4 is 27.9 Å². The molecular formula is C15H12N4S. The van der Waals surface area contributed by atoms with Crippen molar-refractivity contribution in [3.63, 3.8) is 0 Å². The Morgan fingerprint density at radius 3 is 2.80 bits per heavy atom. The fourth-order valence-electron chi connectivity index (χ4n) is 2.45. The Labute approximate surface area is 119 Å². The molecule has 20 heavy (non-hydrogen) atoms. The summed E-state index contributed by atoms with van der Waals surface area (Å²) in [6, 6.07) is 12.2. The van der Waals surface area contributed by atoms with Crippen LogP contribution in [0.4, 0.5) is 0 Å². The molecule has 4 rings (SSSR count). The zero-order valence-corrected chi connectivity index (χ0v) is 11.8. The molecule has 0 radical (unpaired) electrons. The van der Waals surface area contributed by atoms with Crippen molar-refractivity contribution in [2.75, 3.05) is 0 Å². The minimum absolute atomic E-state index is 0.845. The molecule has 0 aliphatic carbocycles. The molecule has 5 heteroatoms. The Hall–Kier alpha value is -2.27. The van der Waals surface area contributed by atoms with Gasteiger partial charge >= 0.3 is 0 Å². The molecule has 3 aromatic heterocycles. The summed E-state index contributed by atoms with van der Waals surface area (Å²) in [5.74, 6) is 1.87. The third-order valence-corrected chi connectivity index (χ3v) is 4.24. The number of aromatic nitrogens is 4. The highest BCUT2D eigenvalue weighted by molar-refractivity contribution is 7.13. The zero-order chi connectivity index (χ0) is 13.5. The smallest absolute Gasteiger partial charge is 0.179 e. The maximum Gasteiger partial charge on any atom is 0.179 e. The van der Waals surface area contributed by atoms with Crippen LogP contribution >= 0.6 is 11.3 Å². The van der Waals surface area contributed by atoms with Crippen LogP contribution in [0.5, 0.6) is 0 Å². The van der Waals surface area contributed by atoms with Gasteiger partial charge in [-0.25, -0.2) is 4.98 Å². The highest BCUT2D eigenvalue weighted by atomic mass is 32.1. The average Bonchev–Trinajstić information content (AvgIpc) is 3.15. The van der Waals surface area contributed by atoms with E-state index in [0.717, 1.165) is 39.5 Å². The maximum atomic E-state index is 4.75. The molecule has 0 N–H and O–H groups in total. The largest absolute Gasteiger partial charge is 0.261 e. The highest BCUT2D eigenvalue weighted by Gasteiger charge is 2.15. The Morgan fingerprint density at radius 1 is 1.10 bits per heavy atom. The maximum absolute atomic E-state index is 4.75. The number of hydrogen-bond donors (Lipinski definition) is 0. The van der Waals surface area contributed by atoms with E-state index < -0.39 is 0 Å². The van der Waals surface area contributed by atoms with Crippen LogP contribution in [0.1, 0.15) is 12.7 Å². The fraction of sp³-hybridized carbons (Fsp3) is 0.133. The van der Waals surface area contributed by atoms with Crippen LogP contribution in [0.15, 0.2) is 41.8 Å². The van der Waals surface area contributed by atoms with Gasteiger partial charge in [0.25, 0.3) is 0 Å². The topological polar surface area (TPSA) is 43.1 Å². The number of aryl methyl sites for hydroxylation is 1. The van der Waals surface area contributed by atoms with Crippen LogP contribution in [0, 0.1) is 0 Å². The first-order valence-electron chi connectivity index (χ1n) is 6.55. The molecule has 0 aliphatic heterocycles. The Bertz CT molecular complexity index is 893. The summed E-state index contributed by atoms with van der Waals surface area (Å²) in [4.78, 5) is 5.87. The molecule has 98 valence electrons. The van der Waals surface area contributed by atoms with Gasteiger partial charge in [-0.05, 0) is 23.6 Å². The second kappa shape index (κ2) is 4.38. The van der Waals surface area contributed by atoms with Crippen molar-refractivity contribution in [2.24, 2.45) is 0 Å². The summed E-state index contributed by atoms with van der Waals surface area (Å²) >= 11 is 1.67. The minimum Gasteiger partial charge on any atom is -0.261 e. The normalized spacial score (nSPS) is 11.4. The van der Waals surface area contributed by atoms with Crippen LogP contribution in [0.2, 0.25) is 0 Å². The van der Waals surface area contributed by atoms with Gasteiger partial charge in [-0.1, -0.05) is 25.1 Å². The van der Waals surface area contributed by atoms with Crippen molar-refractivity contribution in [1.29, 1.82) is 0 Å². The second-order valence-corrected chi connectivity index (χ2v) is 5.51. The van der Waals surface area contributed by atoms with Crippen molar-refractivity contribution in [3.05, 3.63) is 47.6 Å². The first-order valence-corrected chi connectivity index (χ1v) is 7.43. The molecule has 0 aliphatic rings. The Kier molecular flexibility index (Phi) is 2.53. The molecule has 0 amide bonds. The van der Waals surface area contributed by atoms with Crippen molar-refractivity contribution < 1.29 is 0 Å². The number of benzene rings is 1. The number of fused-ring (bicyclic) bond motifs is 3. The van der Waals surface area contributed by atoms with Gasteiger partial charge in [0, 0.05) is 11.8 Å². The molecule has 0 saturated heterocycles. The van der Waals surface area contributed by atoms with Crippen LogP contribution in [0.3, 0.4) is 0 Å². The molecule has 0 saturated carbocycles. The molecule has 4 aromatic rings. The van der Waals surface area contributed by atoms with E-state index in [4.69, 9.17) is 4.98 Å². The molecule has 0 spiro atoms. The van der Waals surface area contributed by atoms with Crippen molar-refractivity contribution in [1.82, 2.24) is 19.6 Å². The minimum atomic E-state index is 0.845.